The number of nitrogens with zero attached hydrogens (tertiary/aromatic N) is 5. The van der Waals surface area contributed by atoms with E-state index in [1.165, 1.54) is 16.6 Å². The number of carbonyl (C=O) groups excluding carboxylic acids is 1. The number of amides is 1. The van der Waals surface area contributed by atoms with Crippen LogP contribution in [0.3, 0.4) is 0 Å². The Balaban J connectivity index is 1.39. The zero-order valence-electron chi connectivity index (χ0n) is 13.3. The molecule has 0 unspecified atom stereocenters. The van der Waals surface area contributed by atoms with Crippen LogP contribution >= 0.6 is 23.1 Å². The van der Waals surface area contributed by atoms with E-state index >= 15 is 0 Å². The largest absolute Gasteiger partial charge is 0.350 e. The molecule has 0 aliphatic carbocycles. The molecule has 7 nitrogen and oxygen atoms in total. The summed E-state index contributed by atoms with van der Waals surface area (Å²) < 4.78 is 1.91. The minimum Gasteiger partial charge on any atom is -0.350 e. The van der Waals surface area contributed by atoms with Gasteiger partial charge in [-0.15, -0.1) is 11.3 Å². The maximum atomic E-state index is 12.2. The van der Waals surface area contributed by atoms with Gasteiger partial charge in [-0.1, -0.05) is 11.8 Å². The maximum absolute atomic E-state index is 12.2. The number of aromatic nitrogens is 5. The number of hydrogen-bond acceptors (Lipinski definition) is 7. The third-order valence-corrected chi connectivity index (χ3v) is 5.58. The lowest BCUT2D eigenvalue weighted by Gasteiger charge is -2.05. The molecule has 4 aromatic heterocycles. The Morgan fingerprint density at radius 3 is 3.16 bits per heavy atom. The number of fused-ring (bicyclic) bond motifs is 2. The summed E-state index contributed by atoms with van der Waals surface area (Å²) in [6.07, 6.45) is 8.50. The van der Waals surface area contributed by atoms with E-state index in [2.05, 4.69) is 31.3 Å². The summed E-state index contributed by atoms with van der Waals surface area (Å²) in [4.78, 5) is 31.2. The molecule has 0 atom stereocenters. The molecule has 25 heavy (non-hydrogen) atoms. The Labute approximate surface area is 151 Å². The van der Waals surface area contributed by atoms with Crippen LogP contribution in [0.25, 0.3) is 15.9 Å². The van der Waals surface area contributed by atoms with Gasteiger partial charge in [0.05, 0.1) is 30.4 Å². The van der Waals surface area contributed by atoms with Crippen molar-refractivity contribution >= 4 is 44.9 Å². The summed E-state index contributed by atoms with van der Waals surface area (Å²) >= 11 is 3.05. The van der Waals surface area contributed by atoms with Gasteiger partial charge in [-0.05, 0) is 13.0 Å². The van der Waals surface area contributed by atoms with Crippen molar-refractivity contribution in [3.05, 3.63) is 47.8 Å². The van der Waals surface area contributed by atoms with Crippen molar-refractivity contribution in [1.29, 1.82) is 0 Å². The van der Waals surface area contributed by atoms with E-state index in [4.69, 9.17) is 0 Å². The van der Waals surface area contributed by atoms with Gasteiger partial charge in [0.15, 0.2) is 5.65 Å². The minimum atomic E-state index is -0.0484. The Kier molecular flexibility index (Phi) is 4.33. The molecule has 1 amide bonds. The predicted molar refractivity (Wildman–Crippen MR) is 97.7 cm³/mol. The van der Waals surface area contributed by atoms with Crippen LogP contribution in [-0.2, 0) is 11.3 Å². The molecule has 126 valence electrons. The number of thioether (sulfide) groups is 1. The Morgan fingerprint density at radius 2 is 2.24 bits per heavy atom. The van der Waals surface area contributed by atoms with Gasteiger partial charge in [-0.25, -0.2) is 15.0 Å². The van der Waals surface area contributed by atoms with Gasteiger partial charge in [0.2, 0.25) is 5.91 Å². The second-order valence-corrected chi connectivity index (χ2v) is 7.57. The Bertz CT molecular complexity index is 1060. The summed E-state index contributed by atoms with van der Waals surface area (Å²) in [6, 6.07) is 2.06. The first-order valence-corrected chi connectivity index (χ1v) is 9.37. The average Bonchev–Trinajstić information content (AvgIpc) is 3.20. The number of rotatable bonds is 5. The molecular formula is C16H14N6OS2. The number of aryl methyl sites for hydroxylation is 1. The van der Waals surface area contributed by atoms with Gasteiger partial charge in [-0.3, -0.25) is 14.2 Å². The van der Waals surface area contributed by atoms with E-state index in [0.29, 0.717) is 12.3 Å². The van der Waals surface area contributed by atoms with Crippen molar-refractivity contribution in [2.75, 3.05) is 5.75 Å². The van der Waals surface area contributed by atoms with Crippen LogP contribution in [0.5, 0.6) is 0 Å². The van der Waals surface area contributed by atoms with E-state index in [9.17, 15) is 4.79 Å². The standard InChI is InChI=1S/C16H14N6OS2/c1-10-4-12-15(20-9-21-16(12)25-10)24-8-14(23)19-6-11-5-18-13-7-17-2-3-22(11)13/h2-5,7,9H,6,8H2,1H3,(H,19,23). The topological polar surface area (TPSA) is 85.1 Å². The predicted octanol–water partition coefficient (Wildman–Crippen LogP) is 2.45. The lowest BCUT2D eigenvalue weighted by molar-refractivity contribution is -0.118. The van der Waals surface area contributed by atoms with Crippen LogP contribution in [0.1, 0.15) is 10.6 Å². The lowest BCUT2D eigenvalue weighted by atomic mass is 10.4. The first-order valence-electron chi connectivity index (χ1n) is 7.57. The smallest absolute Gasteiger partial charge is 0.230 e. The van der Waals surface area contributed by atoms with Gasteiger partial charge in [0, 0.05) is 22.7 Å². The molecule has 0 aliphatic rings. The molecule has 0 saturated heterocycles. The molecule has 0 fully saturated rings. The fraction of sp³-hybridized carbons (Fsp3) is 0.188. The molecule has 1 N–H and O–H groups in total. The molecule has 0 bridgehead atoms. The zero-order valence-corrected chi connectivity index (χ0v) is 15.0. The number of imidazole rings is 1. The second kappa shape index (κ2) is 6.77. The van der Waals surface area contributed by atoms with Crippen molar-refractivity contribution in [2.24, 2.45) is 0 Å². The van der Waals surface area contributed by atoms with Crippen molar-refractivity contribution < 1.29 is 4.79 Å². The van der Waals surface area contributed by atoms with Gasteiger partial charge in [0.25, 0.3) is 0 Å². The molecular weight excluding hydrogens is 356 g/mol. The van der Waals surface area contributed by atoms with Crippen LogP contribution in [-0.4, -0.2) is 36.0 Å². The van der Waals surface area contributed by atoms with Crippen molar-refractivity contribution in [3.63, 3.8) is 0 Å². The molecule has 0 radical (unpaired) electrons. The highest BCUT2D eigenvalue weighted by Crippen LogP contribution is 2.30. The summed E-state index contributed by atoms with van der Waals surface area (Å²) in [7, 11) is 0. The average molecular weight is 370 g/mol. The number of nitrogens with one attached hydrogen (secondary N) is 1. The van der Waals surface area contributed by atoms with Gasteiger partial charge < -0.3 is 5.32 Å². The molecule has 0 aromatic carbocycles. The highest BCUT2D eigenvalue weighted by Gasteiger charge is 2.10. The second-order valence-electron chi connectivity index (χ2n) is 5.37. The van der Waals surface area contributed by atoms with Crippen molar-refractivity contribution in [2.45, 2.75) is 18.5 Å². The SMILES string of the molecule is Cc1cc2c(SCC(=O)NCc3cnc4cnccn34)ncnc2s1. The summed E-state index contributed by atoms with van der Waals surface area (Å²) in [5.41, 5.74) is 1.67. The number of carbonyl (C=O) groups is 1. The normalized spacial score (nSPS) is 11.2. The molecule has 4 rings (SSSR count). The number of thiophene rings is 1. The first kappa shape index (κ1) is 16.0. The highest BCUT2D eigenvalue weighted by atomic mass is 32.2. The summed E-state index contributed by atoms with van der Waals surface area (Å²) in [6.45, 7) is 2.46. The van der Waals surface area contributed by atoms with Crippen LogP contribution < -0.4 is 5.32 Å². The summed E-state index contributed by atoms with van der Waals surface area (Å²) in [5.74, 6) is 0.256. The van der Waals surface area contributed by atoms with E-state index in [-0.39, 0.29) is 5.91 Å². The molecule has 4 aromatic rings. The molecule has 9 heteroatoms. The van der Waals surface area contributed by atoms with Gasteiger partial charge in [-0.2, -0.15) is 0 Å². The van der Waals surface area contributed by atoms with E-state index in [1.54, 1.807) is 36.3 Å². The number of hydrogen-bond donors (Lipinski definition) is 1. The third kappa shape index (κ3) is 3.33. The van der Waals surface area contributed by atoms with E-state index in [0.717, 1.165) is 26.6 Å². The first-order chi connectivity index (χ1) is 12.2. The van der Waals surface area contributed by atoms with Crippen molar-refractivity contribution in [3.8, 4) is 0 Å². The minimum absolute atomic E-state index is 0.0484. The fourth-order valence-corrected chi connectivity index (χ4v) is 4.18. The lowest BCUT2D eigenvalue weighted by Crippen LogP contribution is -2.25. The Morgan fingerprint density at radius 1 is 1.32 bits per heavy atom. The van der Waals surface area contributed by atoms with Crippen LogP contribution in [0, 0.1) is 6.92 Å². The third-order valence-electron chi connectivity index (χ3n) is 3.62. The van der Waals surface area contributed by atoms with Gasteiger partial charge in [0.1, 0.15) is 16.2 Å². The van der Waals surface area contributed by atoms with Crippen LogP contribution in [0.15, 0.2) is 42.2 Å². The van der Waals surface area contributed by atoms with Crippen LogP contribution in [0.4, 0.5) is 0 Å². The quantitative estimate of drug-likeness (QED) is 0.429. The Hall–Kier alpha value is -2.52. The van der Waals surface area contributed by atoms with Crippen molar-refractivity contribution in [1.82, 2.24) is 29.7 Å². The van der Waals surface area contributed by atoms with E-state index < -0.39 is 0 Å². The monoisotopic (exact) mass is 370 g/mol. The fourth-order valence-electron chi connectivity index (χ4n) is 2.47. The molecule has 4 heterocycles. The zero-order chi connectivity index (χ0) is 17.2. The highest BCUT2D eigenvalue weighted by molar-refractivity contribution is 8.00. The van der Waals surface area contributed by atoms with Gasteiger partial charge >= 0.3 is 0 Å². The maximum Gasteiger partial charge on any atom is 0.230 e. The molecule has 0 aliphatic heterocycles. The van der Waals surface area contributed by atoms with Crippen LogP contribution in [0.2, 0.25) is 0 Å². The molecule has 0 spiro atoms. The summed E-state index contributed by atoms with van der Waals surface area (Å²) in [5, 5.41) is 4.77. The molecule has 0 saturated carbocycles. The van der Waals surface area contributed by atoms with E-state index in [1.807, 2.05) is 17.5 Å².